The molecule has 8 heteroatoms. The predicted octanol–water partition coefficient (Wildman–Crippen LogP) is 5.04. The first-order valence-electron chi connectivity index (χ1n) is 8.26. The quantitative estimate of drug-likeness (QED) is 0.460. The van der Waals surface area contributed by atoms with Crippen LogP contribution >= 0.6 is 35.2 Å². The first kappa shape index (κ1) is 17.9. The van der Waals surface area contributed by atoms with Crippen LogP contribution in [0.1, 0.15) is 22.2 Å². The minimum Gasteiger partial charge on any atom is -0.321 e. The lowest BCUT2D eigenvalue weighted by Gasteiger charge is -2.09. The molecule has 0 bridgehead atoms. The van der Waals surface area contributed by atoms with Crippen LogP contribution in [0.2, 0.25) is 5.02 Å². The molecule has 4 rings (SSSR count). The Kier molecular flexibility index (Phi) is 4.59. The molecule has 136 valence electrons. The van der Waals surface area contributed by atoms with Gasteiger partial charge in [0.05, 0.1) is 10.9 Å². The van der Waals surface area contributed by atoms with E-state index in [0.717, 1.165) is 29.0 Å². The fraction of sp³-hybridized carbons (Fsp3) is 0.105. The highest BCUT2D eigenvalue weighted by atomic mass is 35.5. The summed E-state index contributed by atoms with van der Waals surface area (Å²) in [4.78, 5) is 28.5. The summed E-state index contributed by atoms with van der Waals surface area (Å²) in [5.74, 6) is -0.307. The van der Waals surface area contributed by atoms with E-state index < -0.39 is 0 Å². The number of halogens is 1. The minimum atomic E-state index is -0.316. The van der Waals surface area contributed by atoms with Gasteiger partial charge in [0.25, 0.3) is 11.5 Å². The Balaban J connectivity index is 1.89. The highest BCUT2D eigenvalue weighted by molar-refractivity contribution is 7.73. The van der Waals surface area contributed by atoms with Crippen molar-refractivity contribution in [3.05, 3.63) is 72.2 Å². The van der Waals surface area contributed by atoms with E-state index >= 15 is 0 Å². The normalized spacial score (nSPS) is 11.2. The van der Waals surface area contributed by atoms with E-state index in [1.54, 1.807) is 22.6 Å². The van der Waals surface area contributed by atoms with E-state index in [2.05, 4.69) is 10.3 Å². The first-order chi connectivity index (χ1) is 13.0. The third-order valence-corrected chi connectivity index (χ3v) is 5.95. The van der Waals surface area contributed by atoms with Gasteiger partial charge in [-0.25, -0.2) is 0 Å². The molecular formula is C19H14ClN3O2S2. The molecule has 0 saturated heterocycles. The lowest BCUT2D eigenvalue weighted by molar-refractivity contribution is 0.103. The Morgan fingerprint density at radius 1 is 1.30 bits per heavy atom. The Labute approximate surface area is 168 Å². The van der Waals surface area contributed by atoms with Crippen LogP contribution in [0.3, 0.4) is 0 Å². The SMILES string of the molecule is CCc1ccccc1NC(=O)c1sc(=S)n2c1[nH]c(=O)c1cc(Cl)ccc12. The summed E-state index contributed by atoms with van der Waals surface area (Å²) < 4.78 is 2.18. The van der Waals surface area contributed by atoms with Crippen LogP contribution in [0.25, 0.3) is 16.6 Å². The number of carbonyl (C=O) groups is 1. The molecule has 2 aromatic heterocycles. The second-order valence-corrected chi connectivity index (χ2v) is 8.04. The molecule has 0 aliphatic heterocycles. The van der Waals surface area contributed by atoms with Crippen molar-refractivity contribution in [3.63, 3.8) is 0 Å². The lowest BCUT2D eigenvalue weighted by atomic mass is 10.1. The van der Waals surface area contributed by atoms with Gasteiger partial charge in [-0.15, -0.1) is 0 Å². The summed E-state index contributed by atoms with van der Waals surface area (Å²) >= 11 is 12.6. The van der Waals surface area contributed by atoms with Crippen LogP contribution in [0.4, 0.5) is 5.69 Å². The van der Waals surface area contributed by atoms with E-state index in [9.17, 15) is 9.59 Å². The number of carbonyl (C=O) groups excluding carboxylic acids is 1. The van der Waals surface area contributed by atoms with Crippen molar-refractivity contribution in [3.8, 4) is 0 Å². The second-order valence-electron chi connectivity index (χ2n) is 5.96. The number of para-hydroxylation sites is 1. The number of benzene rings is 2. The highest BCUT2D eigenvalue weighted by Crippen LogP contribution is 2.25. The molecule has 27 heavy (non-hydrogen) atoms. The van der Waals surface area contributed by atoms with E-state index in [4.69, 9.17) is 23.8 Å². The molecule has 0 radical (unpaired) electrons. The van der Waals surface area contributed by atoms with Crippen LogP contribution in [-0.4, -0.2) is 15.3 Å². The van der Waals surface area contributed by atoms with Gasteiger partial charge < -0.3 is 10.3 Å². The number of fused-ring (bicyclic) bond motifs is 3. The molecule has 5 nitrogen and oxygen atoms in total. The number of nitrogens with zero attached hydrogens (tertiary/aromatic N) is 1. The summed E-state index contributed by atoms with van der Waals surface area (Å²) in [6.45, 7) is 2.03. The molecular weight excluding hydrogens is 402 g/mol. The van der Waals surface area contributed by atoms with Crippen molar-refractivity contribution < 1.29 is 4.79 Å². The standard InChI is InChI=1S/C19H14ClN3O2S2/c1-2-10-5-3-4-6-13(10)21-18(25)15-16-22-17(24)12-9-11(20)7-8-14(12)23(16)19(26)27-15/h3-9H,2H2,1H3,(H,21,25)(H,22,24). The summed E-state index contributed by atoms with van der Waals surface area (Å²) in [5.41, 5.74) is 2.47. The van der Waals surface area contributed by atoms with Gasteiger partial charge in [0, 0.05) is 10.7 Å². The monoisotopic (exact) mass is 415 g/mol. The number of nitrogens with one attached hydrogen (secondary N) is 2. The summed E-state index contributed by atoms with van der Waals surface area (Å²) in [5, 5.41) is 3.81. The number of aryl methyl sites for hydroxylation is 1. The van der Waals surface area contributed by atoms with Gasteiger partial charge >= 0.3 is 0 Å². The van der Waals surface area contributed by atoms with Gasteiger partial charge in [-0.3, -0.25) is 14.0 Å². The Morgan fingerprint density at radius 2 is 2.07 bits per heavy atom. The molecule has 2 aromatic carbocycles. The number of hydrogen-bond acceptors (Lipinski definition) is 4. The third-order valence-electron chi connectivity index (χ3n) is 4.34. The molecule has 0 saturated carbocycles. The van der Waals surface area contributed by atoms with Crippen molar-refractivity contribution in [1.82, 2.24) is 9.38 Å². The molecule has 4 aromatic rings. The van der Waals surface area contributed by atoms with Crippen molar-refractivity contribution in [2.24, 2.45) is 0 Å². The predicted molar refractivity (Wildman–Crippen MR) is 113 cm³/mol. The molecule has 0 spiro atoms. The molecule has 1 amide bonds. The largest absolute Gasteiger partial charge is 0.321 e. The van der Waals surface area contributed by atoms with Crippen LogP contribution < -0.4 is 10.9 Å². The number of anilines is 1. The molecule has 0 unspecified atom stereocenters. The van der Waals surface area contributed by atoms with Crippen LogP contribution in [0, 0.1) is 3.95 Å². The number of aromatic nitrogens is 2. The van der Waals surface area contributed by atoms with E-state index in [-0.39, 0.29) is 11.5 Å². The van der Waals surface area contributed by atoms with Crippen molar-refractivity contribution >= 4 is 63.3 Å². The number of hydrogen-bond donors (Lipinski definition) is 2. The fourth-order valence-corrected chi connectivity index (χ4v) is 4.50. The maximum Gasteiger partial charge on any atom is 0.269 e. The number of aromatic amines is 1. The van der Waals surface area contributed by atoms with Gasteiger partial charge in [0.1, 0.15) is 10.5 Å². The van der Waals surface area contributed by atoms with E-state index in [1.807, 2.05) is 31.2 Å². The summed E-state index contributed by atoms with van der Waals surface area (Å²) in [6.07, 6.45) is 0.797. The fourth-order valence-electron chi connectivity index (χ4n) is 3.05. The zero-order chi connectivity index (χ0) is 19.1. The maximum absolute atomic E-state index is 12.9. The lowest BCUT2D eigenvalue weighted by Crippen LogP contribution is -2.15. The van der Waals surface area contributed by atoms with Crippen LogP contribution in [0.5, 0.6) is 0 Å². The third kappa shape index (κ3) is 3.07. The van der Waals surface area contributed by atoms with Crippen molar-refractivity contribution in [2.75, 3.05) is 5.32 Å². The number of rotatable bonds is 3. The second kappa shape index (κ2) is 6.92. The molecule has 2 heterocycles. The maximum atomic E-state index is 12.9. The zero-order valence-corrected chi connectivity index (χ0v) is 16.6. The average Bonchev–Trinajstić information content (AvgIpc) is 2.99. The molecule has 0 fully saturated rings. The van der Waals surface area contributed by atoms with Gasteiger partial charge in [0.15, 0.2) is 3.95 Å². The van der Waals surface area contributed by atoms with Crippen molar-refractivity contribution in [2.45, 2.75) is 13.3 Å². The molecule has 0 aliphatic carbocycles. The van der Waals surface area contributed by atoms with Gasteiger partial charge in [0.2, 0.25) is 0 Å². The van der Waals surface area contributed by atoms with Crippen LogP contribution in [-0.2, 0) is 6.42 Å². The van der Waals surface area contributed by atoms with Gasteiger partial charge in [-0.2, -0.15) is 0 Å². The van der Waals surface area contributed by atoms with Gasteiger partial charge in [-0.05, 0) is 48.5 Å². The highest BCUT2D eigenvalue weighted by Gasteiger charge is 2.19. The van der Waals surface area contributed by atoms with Crippen LogP contribution in [0.15, 0.2) is 47.3 Å². The topological polar surface area (TPSA) is 66.4 Å². The Morgan fingerprint density at radius 3 is 2.85 bits per heavy atom. The minimum absolute atomic E-state index is 0.307. The van der Waals surface area contributed by atoms with Crippen molar-refractivity contribution in [1.29, 1.82) is 0 Å². The number of amides is 1. The number of thiazole rings is 1. The van der Waals surface area contributed by atoms with E-state index in [1.165, 1.54) is 0 Å². The Bertz CT molecular complexity index is 1320. The smallest absolute Gasteiger partial charge is 0.269 e. The summed E-state index contributed by atoms with van der Waals surface area (Å²) in [7, 11) is 0. The molecule has 2 N–H and O–H groups in total. The molecule has 0 aliphatic rings. The first-order valence-corrected chi connectivity index (χ1v) is 9.86. The van der Waals surface area contributed by atoms with Gasteiger partial charge in [-0.1, -0.05) is 48.1 Å². The number of H-pyrrole nitrogens is 1. The molecule has 0 atom stereocenters. The zero-order valence-electron chi connectivity index (χ0n) is 14.2. The van der Waals surface area contributed by atoms with E-state index in [0.29, 0.717) is 30.4 Å². The average molecular weight is 416 g/mol. The summed E-state index contributed by atoms with van der Waals surface area (Å²) in [6, 6.07) is 12.6. The Hall–Kier alpha value is -2.48.